The second-order valence-corrected chi connectivity index (χ2v) is 7.99. The van der Waals surface area contributed by atoms with E-state index in [1.807, 2.05) is 24.0 Å². The van der Waals surface area contributed by atoms with Gasteiger partial charge >= 0.3 is 0 Å². The van der Waals surface area contributed by atoms with Gasteiger partial charge in [-0.2, -0.15) is 4.68 Å². The monoisotopic (exact) mass is 440 g/mol. The van der Waals surface area contributed by atoms with Gasteiger partial charge in [-0.15, -0.1) is 5.10 Å². The molecule has 0 atom stereocenters. The van der Waals surface area contributed by atoms with Crippen molar-refractivity contribution in [3.8, 4) is 5.69 Å². The first-order valence-electron chi connectivity index (χ1n) is 10.1. The number of carbonyl (C=O) groups is 1. The molecule has 2 aromatic carbocycles. The summed E-state index contributed by atoms with van der Waals surface area (Å²) in [6.45, 7) is 3.13. The van der Waals surface area contributed by atoms with Crippen LogP contribution in [0.2, 0.25) is 5.02 Å². The first-order chi connectivity index (χ1) is 14.9. The van der Waals surface area contributed by atoms with E-state index >= 15 is 0 Å². The van der Waals surface area contributed by atoms with Crippen LogP contribution in [0.3, 0.4) is 0 Å². The molecule has 0 radical (unpaired) electrons. The smallest absolute Gasteiger partial charge is 0.271 e. The van der Waals surface area contributed by atoms with Gasteiger partial charge in [-0.25, -0.2) is 4.39 Å². The van der Waals surface area contributed by atoms with Crippen LogP contribution in [0.15, 0.2) is 59.4 Å². The van der Waals surface area contributed by atoms with Crippen molar-refractivity contribution in [3.63, 3.8) is 0 Å². The van der Waals surface area contributed by atoms with Crippen molar-refractivity contribution in [2.75, 3.05) is 23.3 Å². The van der Waals surface area contributed by atoms with Crippen LogP contribution in [-0.4, -0.2) is 28.8 Å². The molecule has 1 aliphatic heterocycles. The van der Waals surface area contributed by atoms with Crippen LogP contribution < -0.4 is 15.8 Å². The molecule has 160 valence electrons. The zero-order valence-corrected chi connectivity index (χ0v) is 17.8. The highest BCUT2D eigenvalue weighted by atomic mass is 35.5. The summed E-state index contributed by atoms with van der Waals surface area (Å²) in [5.41, 5.74) is 1.61. The van der Waals surface area contributed by atoms with E-state index in [1.54, 1.807) is 18.2 Å². The van der Waals surface area contributed by atoms with Crippen LogP contribution in [0.25, 0.3) is 5.69 Å². The molecule has 0 spiro atoms. The Kier molecular flexibility index (Phi) is 6.04. The van der Waals surface area contributed by atoms with Crippen LogP contribution in [-0.2, 0) is 4.79 Å². The molecule has 3 aromatic rings. The number of hydrogen-bond acceptors (Lipinski definition) is 4. The topological polar surface area (TPSA) is 67.2 Å². The first kappa shape index (κ1) is 21.1. The van der Waals surface area contributed by atoms with Crippen LogP contribution in [0.4, 0.5) is 15.9 Å². The number of nitrogens with zero attached hydrogens (tertiary/aromatic N) is 3. The lowest BCUT2D eigenvalue weighted by Crippen LogP contribution is -2.39. The van der Waals surface area contributed by atoms with Gasteiger partial charge in [0, 0.05) is 35.8 Å². The summed E-state index contributed by atoms with van der Waals surface area (Å²) in [6.07, 6.45) is 1.32. The van der Waals surface area contributed by atoms with Gasteiger partial charge in [0.2, 0.25) is 5.91 Å². The highest BCUT2D eigenvalue weighted by Crippen LogP contribution is 2.26. The molecular weight excluding hydrogens is 419 g/mol. The third kappa shape index (κ3) is 4.61. The summed E-state index contributed by atoms with van der Waals surface area (Å²) >= 11 is 6.14. The van der Waals surface area contributed by atoms with E-state index in [9.17, 15) is 14.0 Å². The fraction of sp³-hybridized carbons (Fsp3) is 0.261. The van der Waals surface area contributed by atoms with Crippen LogP contribution in [0.5, 0.6) is 0 Å². The van der Waals surface area contributed by atoms with Crippen molar-refractivity contribution >= 4 is 29.0 Å². The zero-order chi connectivity index (χ0) is 22.0. The van der Waals surface area contributed by atoms with Gasteiger partial charge in [0.25, 0.3) is 5.56 Å². The highest BCUT2D eigenvalue weighted by molar-refractivity contribution is 6.31. The molecule has 6 nitrogen and oxygen atoms in total. The maximum atomic E-state index is 13.6. The number of halogens is 2. The second kappa shape index (κ2) is 8.89. The van der Waals surface area contributed by atoms with Crippen molar-refractivity contribution in [2.45, 2.75) is 19.8 Å². The molecule has 1 N–H and O–H groups in total. The Morgan fingerprint density at radius 1 is 1.13 bits per heavy atom. The molecule has 0 bridgehead atoms. The van der Waals surface area contributed by atoms with Gasteiger partial charge in [0.15, 0.2) is 0 Å². The molecule has 0 aliphatic carbocycles. The number of benzene rings is 2. The lowest BCUT2D eigenvalue weighted by molar-refractivity contribution is -0.120. The lowest BCUT2D eigenvalue weighted by atomic mass is 9.95. The van der Waals surface area contributed by atoms with Crippen molar-refractivity contribution in [3.05, 3.63) is 81.4 Å². The molecule has 8 heteroatoms. The quantitative estimate of drug-likeness (QED) is 0.660. The number of aromatic nitrogens is 2. The molecule has 1 fully saturated rings. The van der Waals surface area contributed by atoms with Crippen molar-refractivity contribution in [2.24, 2.45) is 5.92 Å². The number of hydrogen-bond donors (Lipinski definition) is 1. The number of anilines is 2. The molecule has 31 heavy (non-hydrogen) atoms. The van der Waals surface area contributed by atoms with Crippen molar-refractivity contribution in [1.82, 2.24) is 9.78 Å². The Hall–Kier alpha value is -3.19. The van der Waals surface area contributed by atoms with E-state index in [2.05, 4.69) is 10.4 Å². The van der Waals surface area contributed by atoms with E-state index < -0.39 is 5.82 Å². The normalized spacial score (nSPS) is 14.5. The third-order valence-electron chi connectivity index (χ3n) is 5.55. The number of piperidine rings is 1. The Morgan fingerprint density at radius 2 is 1.87 bits per heavy atom. The summed E-state index contributed by atoms with van der Waals surface area (Å²) in [5, 5.41) is 8.01. The summed E-state index contributed by atoms with van der Waals surface area (Å²) in [6, 6.07) is 14.3. The first-order valence-corrected chi connectivity index (χ1v) is 10.5. The average molecular weight is 441 g/mol. The fourth-order valence-corrected chi connectivity index (χ4v) is 3.89. The molecular formula is C23H22ClFN4O2. The largest absolute Gasteiger partial charge is 0.355 e. The summed E-state index contributed by atoms with van der Waals surface area (Å²) in [4.78, 5) is 27.0. The van der Waals surface area contributed by atoms with Crippen molar-refractivity contribution < 1.29 is 9.18 Å². The number of nitrogens with one attached hydrogen (secondary N) is 1. The molecule has 1 saturated heterocycles. The molecule has 2 heterocycles. The van der Waals surface area contributed by atoms with Crippen LogP contribution in [0, 0.1) is 18.7 Å². The molecule has 1 amide bonds. The van der Waals surface area contributed by atoms with E-state index in [0.29, 0.717) is 42.5 Å². The number of rotatable bonds is 4. The minimum atomic E-state index is -0.432. The Labute approximate surface area is 184 Å². The minimum Gasteiger partial charge on any atom is -0.355 e. The van der Waals surface area contributed by atoms with Crippen LogP contribution in [0.1, 0.15) is 18.4 Å². The number of carbonyl (C=O) groups excluding carboxylic acids is 1. The van der Waals surface area contributed by atoms with E-state index in [4.69, 9.17) is 11.6 Å². The summed E-state index contributed by atoms with van der Waals surface area (Å²) in [5.74, 6) is 0.0400. The molecule has 4 rings (SSSR count). The fourth-order valence-electron chi connectivity index (χ4n) is 3.71. The molecule has 1 aliphatic rings. The van der Waals surface area contributed by atoms with Crippen LogP contribution >= 0.6 is 11.6 Å². The summed E-state index contributed by atoms with van der Waals surface area (Å²) < 4.78 is 14.8. The predicted octanol–water partition coefficient (Wildman–Crippen LogP) is 4.19. The molecule has 1 aromatic heterocycles. The van der Waals surface area contributed by atoms with Gasteiger partial charge in [0.05, 0.1) is 5.69 Å². The SMILES string of the molecule is Cc1c(Cl)cccc1NC(=O)C1CCN(c2ccc(=O)n(-c3cccc(F)c3)n2)CC1. The Balaban J connectivity index is 1.44. The second-order valence-electron chi connectivity index (χ2n) is 7.58. The maximum absolute atomic E-state index is 13.6. The Morgan fingerprint density at radius 3 is 2.61 bits per heavy atom. The lowest BCUT2D eigenvalue weighted by Gasteiger charge is -2.32. The highest BCUT2D eigenvalue weighted by Gasteiger charge is 2.26. The third-order valence-corrected chi connectivity index (χ3v) is 5.96. The average Bonchev–Trinajstić information content (AvgIpc) is 2.77. The van der Waals surface area contributed by atoms with E-state index in [0.717, 1.165) is 11.3 Å². The van der Waals surface area contributed by atoms with Crippen molar-refractivity contribution in [1.29, 1.82) is 0 Å². The zero-order valence-electron chi connectivity index (χ0n) is 17.0. The number of amides is 1. The molecule has 0 unspecified atom stereocenters. The van der Waals surface area contributed by atoms with Gasteiger partial charge in [-0.3, -0.25) is 9.59 Å². The predicted molar refractivity (Wildman–Crippen MR) is 120 cm³/mol. The van der Waals surface area contributed by atoms with E-state index in [1.165, 1.54) is 28.9 Å². The Bertz CT molecular complexity index is 1170. The van der Waals surface area contributed by atoms with E-state index in [-0.39, 0.29) is 17.4 Å². The van der Waals surface area contributed by atoms with Gasteiger partial charge < -0.3 is 10.2 Å². The maximum Gasteiger partial charge on any atom is 0.271 e. The van der Waals surface area contributed by atoms with Gasteiger partial charge in [-0.05, 0) is 61.7 Å². The van der Waals surface area contributed by atoms with Gasteiger partial charge in [-0.1, -0.05) is 23.7 Å². The standard InChI is InChI=1S/C23H22ClFN4O2/c1-15-19(24)6-3-7-20(15)26-23(31)16-10-12-28(13-11-16)21-8-9-22(30)29(27-21)18-5-2-4-17(25)14-18/h2-9,14,16H,10-13H2,1H3,(H,26,31). The summed E-state index contributed by atoms with van der Waals surface area (Å²) in [7, 11) is 0. The molecule has 0 saturated carbocycles. The minimum absolute atomic E-state index is 0.0253. The van der Waals surface area contributed by atoms with Gasteiger partial charge in [0.1, 0.15) is 11.6 Å².